The van der Waals surface area contributed by atoms with Gasteiger partial charge in [0.05, 0.1) is 4.92 Å². The number of ether oxygens (including phenoxy) is 1. The first-order valence-corrected chi connectivity index (χ1v) is 11.6. The molecule has 0 unspecified atom stereocenters. The molecule has 2 aromatic rings. The molecule has 1 saturated heterocycles. The first kappa shape index (κ1) is 24.9. The number of pyridine rings is 1. The lowest BCUT2D eigenvalue weighted by Crippen LogP contribution is -2.46. The van der Waals surface area contributed by atoms with Gasteiger partial charge in [0.25, 0.3) is 0 Å². The number of hydrogen-bond donors (Lipinski definition) is 2. The minimum absolute atomic E-state index is 0.00132. The molecule has 0 radical (unpaired) electrons. The van der Waals surface area contributed by atoms with Gasteiger partial charge in [0.2, 0.25) is 17.6 Å². The summed E-state index contributed by atoms with van der Waals surface area (Å²) < 4.78 is 42.4. The summed E-state index contributed by atoms with van der Waals surface area (Å²) >= 11 is 0. The number of halogens is 3. The maximum Gasteiger partial charge on any atom is 0.422 e. The molecule has 1 saturated carbocycles. The Balaban J connectivity index is 1.44. The van der Waals surface area contributed by atoms with Gasteiger partial charge in [-0.05, 0) is 63.6 Å². The van der Waals surface area contributed by atoms with E-state index in [1.54, 1.807) is 12.1 Å². The molecule has 2 aromatic heterocycles. The molecule has 10 nitrogen and oxygen atoms in total. The second kappa shape index (κ2) is 10.6. The molecule has 0 atom stereocenters. The van der Waals surface area contributed by atoms with Gasteiger partial charge in [-0.2, -0.15) is 18.2 Å². The highest BCUT2D eigenvalue weighted by atomic mass is 19.4. The van der Waals surface area contributed by atoms with E-state index in [0.29, 0.717) is 18.0 Å². The summed E-state index contributed by atoms with van der Waals surface area (Å²) in [5.41, 5.74) is 6.22. The van der Waals surface area contributed by atoms with E-state index in [1.165, 1.54) is 12.6 Å². The van der Waals surface area contributed by atoms with Crippen LogP contribution in [0.4, 0.5) is 30.6 Å². The molecule has 1 aliphatic heterocycles. The standard InChI is InChI=1S/C22H28F3N7O3/c23-22(24,25)13-35-20-15(3-1-8-27-20)12-28-21-29-17(18(32(33)34)19(26)30-21)11-14-4-6-16(7-5-14)31-9-2-10-31/h1,3,8,14,16H,2,4-7,9-13H2,(H3,26,28,29,30)/t14-,16-. The predicted octanol–water partition coefficient (Wildman–Crippen LogP) is 3.72. The summed E-state index contributed by atoms with van der Waals surface area (Å²) in [6.07, 6.45) is 2.53. The quantitative estimate of drug-likeness (QED) is 0.394. The van der Waals surface area contributed by atoms with Crippen molar-refractivity contribution in [3.63, 3.8) is 0 Å². The second-order valence-corrected chi connectivity index (χ2v) is 8.98. The maximum atomic E-state index is 12.5. The summed E-state index contributed by atoms with van der Waals surface area (Å²) in [7, 11) is 0. The molecule has 35 heavy (non-hydrogen) atoms. The number of nitro groups is 1. The van der Waals surface area contributed by atoms with Crippen LogP contribution in [0.1, 0.15) is 43.4 Å². The van der Waals surface area contributed by atoms with Gasteiger partial charge in [-0.1, -0.05) is 6.07 Å². The van der Waals surface area contributed by atoms with Gasteiger partial charge in [0.1, 0.15) is 5.69 Å². The van der Waals surface area contributed by atoms with E-state index in [-0.39, 0.29) is 41.5 Å². The van der Waals surface area contributed by atoms with Crippen LogP contribution in [-0.2, 0) is 13.0 Å². The van der Waals surface area contributed by atoms with Gasteiger partial charge in [-0.25, -0.2) is 9.97 Å². The van der Waals surface area contributed by atoms with E-state index in [1.807, 2.05) is 0 Å². The Hall–Kier alpha value is -3.22. The molecule has 3 heterocycles. The average Bonchev–Trinajstić information content (AvgIpc) is 2.76. The summed E-state index contributed by atoms with van der Waals surface area (Å²) in [6.45, 7) is 0.831. The van der Waals surface area contributed by atoms with Crippen LogP contribution in [0.15, 0.2) is 18.3 Å². The van der Waals surface area contributed by atoms with E-state index in [4.69, 9.17) is 10.5 Å². The third-order valence-corrected chi connectivity index (χ3v) is 6.53. The van der Waals surface area contributed by atoms with Crippen LogP contribution >= 0.6 is 0 Å². The number of nitrogen functional groups attached to an aromatic ring is 1. The van der Waals surface area contributed by atoms with Crippen LogP contribution < -0.4 is 15.8 Å². The number of anilines is 2. The molecule has 13 heteroatoms. The maximum absolute atomic E-state index is 12.5. The normalized spacial score (nSPS) is 20.8. The van der Waals surface area contributed by atoms with E-state index in [9.17, 15) is 23.3 Å². The SMILES string of the molecule is Nc1nc(NCc2cccnc2OCC(F)(F)F)nc(C[C@H]2CC[C@H](N3CCC3)CC2)c1[N+](=O)[O-]. The zero-order valence-electron chi connectivity index (χ0n) is 19.1. The number of rotatable bonds is 9. The van der Waals surface area contributed by atoms with E-state index in [0.717, 1.165) is 38.8 Å². The predicted molar refractivity (Wildman–Crippen MR) is 122 cm³/mol. The van der Waals surface area contributed by atoms with Crippen molar-refractivity contribution in [2.24, 2.45) is 5.92 Å². The third kappa shape index (κ3) is 6.47. The Morgan fingerprint density at radius 1 is 1.23 bits per heavy atom. The highest BCUT2D eigenvalue weighted by Gasteiger charge is 2.32. The van der Waals surface area contributed by atoms with Crippen molar-refractivity contribution in [1.82, 2.24) is 19.9 Å². The Morgan fingerprint density at radius 3 is 2.60 bits per heavy atom. The number of nitrogens with one attached hydrogen (secondary N) is 1. The van der Waals surface area contributed by atoms with E-state index >= 15 is 0 Å². The lowest BCUT2D eigenvalue weighted by atomic mass is 9.82. The number of aromatic nitrogens is 3. The van der Waals surface area contributed by atoms with Crippen LogP contribution in [0, 0.1) is 16.0 Å². The van der Waals surface area contributed by atoms with Crippen LogP contribution in [0.25, 0.3) is 0 Å². The number of hydrogen-bond acceptors (Lipinski definition) is 9. The molecule has 0 aromatic carbocycles. The third-order valence-electron chi connectivity index (χ3n) is 6.53. The molecule has 2 aliphatic rings. The molecule has 0 spiro atoms. The summed E-state index contributed by atoms with van der Waals surface area (Å²) in [5, 5.41) is 14.5. The number of nitrogens with two attached hydrogens (primary N) is 1. The van der Waals surface area contributed by atoms with Crippen LogP contribution in [-0.4, -0.2) is 56.7 Å². The summed E-state index contributed by atoms with van der Waals surface area (Å²) in [4.78, 5) is 25.8. The molecular weight excluding hydrogens is 467 g/mol. The van der Waals surface area contributed by atoms with E-state index in [2.05, 4.69) is 25.2 Å². The smallest absolute Gasteiger partial charge is 0.422 e. The molecule has 0 bridgehead atoms. The molecular formula is C22H28F3N7O3. The average molecular weight is 496 g/mol. The monoisotopic (exact) mass is 495 g/mol. The van der Waals surface area contributed by atoms with Gasteiger partial charge in [0, 0.05) is 24.3 Å². The minimum Gasteiger partial charge on any atom is -0.468 e. The number of nitrogens with zero attached hydrogens (tertiary/aromatic N) is 5. The molecule has 2 fully saturated rings. The van der Waals surface area contributed by atoms with Crippen molar-refractivity contribution in [1.29, 1.82) is 0 Å². The molecule has 190 valence electrons. The van der Waals surface area contributed by atoms with Crippen LogP contribution in [0.3, 0.4) is 0 Å². The van der Waals surface area contributed by atoms with Crippen molar-refractivity contribution >= 4 is 17.5 Å². The van der Waals surface area contributed by atoms with E-state index < -0.39 is 17.7 Å². The van der Waals surface area contributed by atoms with Crippen molar-refractivity contribution in [2.75, 3.05) is 30.7 Å². The number of alkyl halides is 3. The largest absolute Gasteiger partial charge is 0.468 e. The summed E-state index contributed by atoms with van der Waals surface area (Å²) in [5.74, 6) is -0.111. The molecule has 3 N–H and O–H groups in total. The van der Waals surface area contributed by atoms with Gasteiger partial charge in [0.15, 0.2) is 6.61 Å². The molecule has 4 rings (SSSR count). The lowest BCUT2D eigenvalue weighted by Gasteiger charge is -2.42. The summed E-state index contributed by atoms with van der Waals surface area (Å²) in [6, 6.07) is 3.71. The van der Waals surface area contributed by atoms with Crippen molar-refractivity contribution in [2.45, 2.75) is 57.3 Å². The molecule has 0 amide bonds. The van der Waals surface area contributed by atoms with Crippen LogP contribution in [0.2, 0.25) is 0 Å². The first-order valence-electron chi connectivity index (χ1n) is 11.6. The van der Waals surface area contributed by atoms with Crippen molar-refractivity contribution in [3.8, 4) is 5.88 Å². The van der Waals surface area contributed by atoms with Gasteiger partial charge in [-0.3, -0.25) is 10.1 Å². The Kier molecular flexibility index (Phi) is 7.53. The zero-order chi connectivity index (χ0) is 25.0. The van der Waals surface area contributed by atoms with Gasteiger partial charge in [-0.15, -0.1) is 0 Å². The van der Waals surface area contributed by atoms with Gasteiger partial charge < -0.3 is 20.7 Å². The van der Waals surface area contributed by atoms with Crippen molar-refractivity contribution < 1.29 is 22.8 Å². The van der Waals surface area contributed by atoms with Gasteiger partial charge >= 0.3 is 11.9 Å². The topological polar surface area (TPSA) is 132 Å². The highest BCUT2D eigenvalue weighted by Crippen LogP contribution is 2.34. The van der Waals surface area contributed by atoms with Crippen molar-refractivity contribution in [3.05, 3.63) is 39.7 Å². The molecule has 1 aliphatic carbocycles. The first-order chi connectivity index (χ1) is 16.7. The fourth-order valence-electron chi connectivity index (χ4n) is 4.65. The number of likely N-dealkylation sites (tertiary alicyclic amines) is 1. The minimum atomic E-state index is -4.50. The Labute approximate surface area is 200 Å². The fourth-order valence-corrected chi connectivity index (χ4v) is 4.65. The van der Waals surface area contributed by atoms with Crippen LogP contribution in [0.5, 0.6) is 5.88 Å². The zero-order valence-corrected chi connectivity index (χ0v) is 19.1. The second-order valence-electron chi connectivity index (χ2n) is 8.98. The lowest BCUT2D eigenvalue weighted by molar-refractivity contribution is -0.385. The fraction of sp³-hybridized carbons (Fsp3) is 0.591. The Morgan fingerprint density at radius 2 is 1.97 bits per heavy atom. The highest BCUT2D eigenvalue weighted by molar-refractivity contribution is 5.58. The Bertz CT molecular complexity index is 1040.